The van der Waals surface area contributed by atoms with Crippen LogP contribution >= 0.6 is 0 Å². The molecular formula is C7H7N3O. The lowest BCUT2D eigenvalue weighted by molar-refractivity contribution is 0.590. The predicted molar refractivity (Wildman–Crippen MR) is 39.7 cm³/mol. The zero-order valence-corrected chi connectivity index (χ0v) is 5.82. The molecular weight excluding hydrogens is 142 g/mol. The van der Waals surface area contributed by atoms with E-state index in [1.165, 1.54) is 6.39 Å². The molecule has 56 valence electrons. The van der Waals surface area contributed by atoms with Crippen molar-refractivity contribution in [2.24, 2.45) is 5.73 Å². The Balaban J connectivity index is 2.67. The Bertz CT molecular complexity index is 368. The van der Waals surface area contributed by atoms with Crippen LogP contribution in [-0.4, -0.2) is 9.97 Å². The summed E-state index contributed by atoms with van der Waals surface area (Å²) in [5, 5.41) is 0. The third-order valence-corrected chi connectivity index (χ3v) is 1.48. The highest BCUT2D eigenvalue weighted by molar-refractivity contribution is 5.67. The molecule has 11 heavy (non-hydrogen) atoms. The van der Waals surface area contributed by atoms with E-state index < -0.39 is 0 Å². The molecule has 2 heterocycles. The normalized spacial score (nSPS) is 10.6. The summed E-state index contributed by atoms with van der Waals surface area (Å²) >= 11 is 0. The van der Waals surface area contributed by atoms with Crippen LogP contribution in [0.3, 0.4) is 0 Å². The molecule has 2 aromatic rings. The van der Waals surface area contributed by atoms with E-state index in [-0.39, 0.29) is 0 Å². The third kappa shape index (κ3) is 0.969. The largest absolute Gasteiger partial charge is 0.425 e. The highest BCUT2D eigenvalue weighted by Gasteiger charge is 1.98. The average molecular weight is 149 g/mol. The molecule has 0 aliphatic rings. The van der Waals surface area contributed by atoms with Gasteiger partial charge < -0.3 is 10.2 Å². The van der Waals surface area contributed by atoms with Crippen molar-refractivity contribution in [3.63, 3.8) is 0 Å². The summed E-state index contributed by atoms with van der Waals surface area (Å²) < 4.78 is 4.95. The fourth-order valence-corrected chi connectivity index (χ4v) is 0.910. The van der Waals surface area contributed by atoms with Crippen LogP contribution in [0.5, 0.6) is 0 Å². The number of oxazole rings is 1. The molecule has 0 saturated heterocycles. The SMILES string of the molecule is NCc1cnc2ocnc2c1. The molecule has 4 nitrogen and oxygen atoms in total. The van der Waals surface area contributed by atoms with Gasteiger partial charge in [0.1, 0.15) is 5.52 Å². The molecule has 0 radical (unpaired) electrons. The maximum absolute atomic E-state index is 5.41. The second-order valence-corrected chi connectivity index (χ2v) is 2.22. The van der Waals surface area contributed by atoms with Crippen LogP contribution in [-0.2, 0) is 6.54 Å². The first kappa shape index (κ1) is 6.30. The van der Waals surface area contributed by atoms with Gasteiger partial charge in [0, 0.05) is 12.7 Å². The quantitative estimate of drug-likeness (QED) is 0.647. The van der Waals surface area contributed by atoms with Crippen molar-refractivity contribution >= 4 is 11.2 Å². The van der Waals surface area contributed by atoms with Gasteiger partial charge in [-0.2, -0.15) is 0 Å². The monoisotopic (exact) mass is 149 g/mol. The smallest absolute Gasteiger partial charge is 0.246 e. The number of fused-ring (bicyclic) bond motifs is 1. The summed E-state index contributed by atoms with van der Waals surface area (Å²) in [6.07, 6.45) is 3.06. The number of hydrogen-bond donors (Lipinski definition) is 1. The fourth-order valence-electron chi connectivity index (χ4n) is 0.910. The number of rotatable bonds is 1. The van der Waals surface area contributed by atoms with E-state index in [4.69, 9.17) is 10.2 Å². The molecule has 0 amide bonds. The van der Waals surface area contributed by atoms with Gasteiger partial charge in [0.05, 0.1) is 0 Å². The Hall–Kier alpha value is -1.42. The Morgan fingerprint density at radius 2 is 2.36 bits per heavy atom. The molecule has 0 unspecified atom stereocenters. The molecule has 0 spiro atoms. The van der Waals surface area contributed by atoms with E-state index in [0.29, 0.717) is 12.3 Å². The number of nitrogens with zero attached hydrogens (tertiary/aromatic N) is 2. The number of nitrogens with two attached hydrogens (primary N) is 1. The van der Waals surface area contributed by atoms with Crippen molar-refractivity contribution in [2.45, 2.75) is 6.54 Å². The summed E-state index contributed by atoms with van der Waals surface area (Å²) in [6.45, 7) is 0.482. The summed E-state index contributed by atoms with van der Waals surface area (Å²) in [6, 6.07) is 1.87. The molecule has 0 atom stereocenters. The molecule has 2 N–H and O–H groups in total. The van der Waals surface area contributed by atoms with Gasteiger partial charge in [-0.25, -0.2) is 9.97 Å². The van der Waals surface area contributed by atoms with Gasteiger partial charge in [0.25, 0.3) is 0 Å². The van der Waals surface area contributed by atoms with Crippen LogP contribution in [0.25, 0.3) is 11.2 Å². The van der Waals surface area contributed by atoms with Crippen LogP contribution < -0.4 is 5.73 Å². The standard InChI is InChI=1S/C7H7N3O/c8-2-5-1-6-7(9-3-5)11-4-10-6/h1,3-4H,2,8H2. The van der Waals surface area contributed by atoms with Gasteiger partial charge in [0.15, 0.2) is 6.39 Å². The van der Waals surface area contributed by atoms with Crippen molar-refractivity contribution in [3.8, 4) is 0 Å². The molecule has 2 rings (SSSR count). The van der Waals surface area contributed by atoms with Gasteiger partial charge in [-0.15, -0.1) is 0 Å². The lowest BCUT2D eigenvalue weighted by Gasteiger charge is -1.91. The van der Waals surface area contributed by atoms with Gasteiger partial charge >= 0.3 is 0 Å². The number of hydrogen-bond acceptors (Lipinski definition) is 4. The minimum Gasteiger partial charge on any atom is -0.425 e. The Morgan fingerprint density at radius 3 is 3.18 bits per heavy atom. The van der Waals surface area contributed by atoms with E-state index >= 15 is 0 Å². The van der Waals surface area contributed by atoms with E-state index in [9.17, 15) is 0 Å². The van der Waals surface area contributed by atoms with E-state index in [2.05, 4.69) is 9.97 Å². The third-order valence-electron chi connectivity index (χ3n) is 1.48. The predicted octanol–water partition coefficient (Wildman–Crippen LogP) is 0.681. The van der Waals surface area contributed by atoms with Crippen LogP contribution in [0.1, 0.15) is 5.56 Å². The zero-order chi connectivity index (χ0) is 7.68. The first-order chi connectivity index (χ1) is 5.40. The number of pyridine rings is 1. The van der Waals surface area contributed by atoms with Crippen LogP contribution in [0.15, 0.2) is 23.1 Å². The van der Waals surface area contributed by atoms with E-state index in [1.54, 1.807) is 6.20 Å². The highest BCUT2D eigenvalue weighted by atomic mass is 16.3. The lowest BCUT2D eigenvalue weighted by Crippen LogP contribution is -1.96. The minimum absolute atomic E-state index is 0.482. The first-order valence-corrected chi connectivity index (χ1v) is 3.28. The van der Waals surface area contributed by atoms with Gasteiger partial charge in [-0.1, -0.05) is 0 Å². The van der Waals surface area contributed by atoms with Crippen molar-refractivity contribution in [2.75, 3.05) is 0 Å². The summed E-state index contributed by atoms with van der Waals surface area (Å²) in [4.78, 5) is 7.95. The zero-order valence-electron chi connectivity index (χ0n) is 5.82. The highest BCUT2D eigenvalue weighted by Crippen LogP contribution is 2.09. The molecule has 0 aliphatic heterocycles. The van der Waals surface area contributed by atoms with E-state index in [0.717, 1.165) is 11.1 Å². The lowest BCUT2D eigenvalue weighted by atomic mass is 10.3. The average Bonchev–Trinajstić information content (AvgIpc) is 2.50. The van der Waals surface area contributed by atoms with E-state index in [1.807, 2.05) is 6.07 Å². The number of aromatic nitrogens is 2. The molecule has 0 aromatic carbocycles. The fraction of sp³-hybridized carbons (Fsp3) is 0.143. The maximum atomic E-state index is 5.41. The summed E-state index contributed by atoms with van der Waals surface area (Å²) in [5.41, 5.74) is 7.69. The van der Waals surface area contributed by atoms with Crippen molar-refractivity contribution in [1.82, 2.24) is 9.97 Å². The summed E-state index contributed by atoms with van der Waals surface area (Å²) in [5.74, 6) is 0. The van der Waals surface area contributed by atoms with Crippen LogP contribution in [0, 0.1) is 0 Å². The Morgan fingerprint density at radius 1 is 1.45 bits per heavy atom. The first-order valence-electron chi connectivity index (χ1n) is 3.28. The maximum Gasteiger partial charge on any atom is 0.246 e. The van der Waals surface area contributed by atoms with Gasteiger partial charge in [-0.05, 0) is 11.6 Å². The topological polar surface area (TPSA) is 64.9 Å². The Kier molecular flexibility index (Phi) is 1.33. The summed E-state index contributed by atoms with van der Waals surface area (Å²) in [7, 11) is 0. The molecule has 0 bridgehead atoms. The molecule has 0 aliphatic carbocycles. The minimum atomic E-state index is 0.482. The van der Waals surface area contributed by atoms with Gasteiger partial charge in [-0.3, -0.25) is 0 Å². The van der Waals surface area contributed by atoms with Gasteiger partial charge in [0.2, 0.25) is 5.71 Å². The Labute approximate surface area is 63.1 Å². The molecule has 4 heteroatoms. The van der Waals surface area contributed by atoms with Crippen molar-refractivity contribution in [1.29, 1.82) is 0 Å². The molecule has 2 aromatic heterocycles. The molecule has 0 fully saturated rings. The van der Waals surface area contributed by atoms with Crippen molar-refractivity contribution in [3.05, 3.63) is 24.2 Å². The second-order valence-electron chi connectivity index (χ2n) is 2.22. The van der Waals surface area contributed by atoms with Crippen molar-refractivity contribution < 1.29 is 4.42 Å². The second kappa shape index (κ2) is 2.32. The van der Waals surface area contributed by atoms with Crippen LogP contribution in [0.4, 0.5) is 0 Å². The molecule has 0 saturated carbocycles. The van der Waals surface area contributed by atoms with Crippen LogP contribution in [0.2, 0.25) is 0 Å².